The molecule has 1 aromatic carbocycles. The van der Waals surface area contributed by atoms with Gasteiger partial charge in [-0.1, -0.05) is 22.4 Å². The number of benzene rings is 1. The smallest absolute Gasteiger partial charge is 0.123 e. The summed E-state index contributed by atoms with van der Waals surface area (Å²) >= 11 is 3.51. The Balaban J connectivity index is 2.32. The maximum Gasteiger partial charge on any atom is 0.123 e. The molecule has 1 unspecified atom stereocenters. The predicted octanol–water partition coefficient (Wildman–Crippen LogP) is 2.85. The van der Waals surface area contributed by atoms with Crippen LogP contribution in [0.1, 0.15) is 30.9 Å². The van der Waals surface area contributed by atoms with E-state index in [1.165, 1.54) is 19.3 Å². The zero-order chi connectivity index (χ0) is 13.2. The highest BCUT2D eigenvalue weighted by molar-refractivity contribution is 9.10. The highest BCUT2D eigenvalue weighted by atomic mass is 79.9. The molecule has 4 heteroatoms. The van der Waals surface area contributed by atoms with Gasteiger partial charge in [-0.2, -0.15) is 0 Å². The van der Waals surface area contributed by atoms with Crippen molar-refractivity contribution in [1.29, 1.82) is 0 Å². The van der Waals surface area contributed by atoms with Crippen molar-refractivity contribution in [3.63, 3.8) is 0 Å². The summed E-state index contributed by atoms with van der Waals surface area (Å²) in [6.45, 7) is 0.962. The predicted molar refractivity (Wildman–Crippen MR) is 77.8 cm³/mol. The topological polar surface area (TPSA) is 47.3 Å². The molecular weight excluding hydrogens is 292 g/mol. The molecular formula is C14H21BrN2O. The van der Waals surface area contributed by atoms with Crippen molar-refractivity contribution in [3.8, 4) is 5.75 Å². The Hall–Kier alpha value is -0.580. The lowest BCUT2D eigenvalue weighted by Crippen LogP contribution is -2.47. The fourth-order valence-corrected chi connectivity index (χ4v) is 3.24. The van der Waals surface area contributed by atoms with Gasteiger partial charge >= 0.3 is 0 Å². The van der Waals surface area contributed by atoms with E-state index in [2.05, 4.69) is 27.3 Å². The molecule has 3 N–H and O–H groups in total. The first-order valence-corrected chi connectivity index (χ1v) is 7.16. The summed E-state index contributed by atoms with van der Waals surface area (Å²) < 4.78 is 6.49. The third kappa shape index (κ3) is 2.42. The lowest BCUT2D eigenvalue weighted by atomic mass is 9.62. The third-order valence-electron chi connectivity index (χ3n) is 4.06. The van der Waals surface area contributed by atoms with Crippen LogP contribution in [0.15, 0.2) is 22.7 Å². The molecule has 0 aliphatic heterocycles. The first kappa shape index (κ1) is 13.8. The molecule has 0 aromatic heterocycles. The van der Waals surface area contributed by atoms with Gasteiger partial charge in [0.15, 0.2) is 0 Å². The third-order valence-corrected chi connectivity index (χ3v) is 4.56. The average molecular weight is 313 g/mol. The summed E-state index contributed by atoms with van der Waals surface area (Å²) in [5.41, 5.74) is 7.81. The van der Waals surface area contributed by atoms with Crippen LogP contribution in [0.2, 0.25) is 0 Å². The summed E-state index contributed by atoms with van der Waals surface area (Å²) in [6, 6.07) is 6.07. The largest absolute Gasteiger partial charge is 0.496 e. The van der Waals surface area contributed by atoms with Crippen molar-refractivity contribution < 1.29 is 4.74 Å². The molecule has 0 radical (unpaired) electrons. The van der Waals surface area contributed by atoms with E-state index in [-0.39, 0.29) is 11.5 Å². The van der Waals surface area contributed by atoms with Crippen LogP contribution >= 0.6 is 15.9 Å². The maximum atomic E-state index is 6.53. The average Bonchev–Trinajstić information content (AvgIpc) is 2.33. The van der Waals surface area contributed by atoms with Crippen LogP contribution in [0, 0.1) is 5.41 Å². The van der Waals surface area contributed by atoms with Crippen molar-refractivity contribution in [1.82, 2.24) is 5.32 Å². The molecule has 0 amide bonds. The summed E-state index contributed by atoms with van der Waals surface area (Å²) in [4.78, 5) is 0. The number of hydrogen-bond acceptors (Lipinski definition) is 3. The van der Waals surface area contributed by atoms with Crippen LogP contribution in [0.5, 0.6) is 5.75 Å². The van der Waals surface area contributed by atoms with Gasteiger partial charge in [0.2, 0.25) is 0 Å². The molecule has 1 aromatic rings. The number of nitrogens with one attached hydrogen (secondary N) is 1. The molecule has 1 saturated carbocycles. The summed E-state index contributed by atoms with van der Waals surface area (Å²) in [5, 5.41) is 3.28. The zero-order valence-electron chi connectivity index (χ0n) is 11.0. The minimum absolute atomic E-state index is 0.0196. The number of methoxy groups -OCH3 is 1. The Bertz CT molecular complexity index is 418. The Morgan fingerprint density at radius 3 is 2.72 bits per heavy atom. The molecule has 1 atom stereocenters. The molecule has 1 aliphatic carbocycles. The molecule has 1 fully saturated rings. The minimum Gasteiger partial charge on any atom is -0.496 e. The molecule has 2 rings (SSSR count). The first-order valence-electron chi connectivity index (χ1n) is 6.36. The van der Waals surface area contributed by atoms with Gasteiger partial charge in [0, 0.05) is 28.0 Å². The molecule has 0 bridgehead atoms. The maximum absolute atomic E-state index is 6.53. The fourth-order valence-electron chi connectivity index (χ4n) is 2.86. The normalized spacial score (nSPS) is 19.1. The standard InChI is InChI=1S/C14H21BrN2O/c1-17-9-14(6-3-7-14)13(16)11-8-10(15)4-5-12(11)18-2/h4-5,8,13,17H,3,6-7,9,16H2,1-2H3. The van der Waals surface area contributed by atoms with Crippen LogP contribution in [0.4, 0.5) is 0 Å². The second kappa shape index (κ2) is 5.59. The van der Waals surface area contributed by atoms with Gasteiger partial charge in [-0.25, -0.2) is 0 Å². The van der Waals surface area contributed by atoms with E-state index < -0.39 is 0 Å². The number of nitrogens with two attached hydrogens (primary N) is 1. The van der Waals surface area contributed by atoms with E-state index in [0.717, 1.165) is 22.3 Å². The molecule has 0 spiro atoms. The first-order chi connectivity index (χ1) is 8.63. The minimum atomic E-state index is 0.0196. The number of hydrogen-bond donors (Lipinski definition) is 2. The summed E-state index contributed by atoms with van der Waals surface area (Å²) in [6.07, 6.45) is 3.64. The van der Waals surface area contributed by atoms with Crippen molar-refractivity contribution in [2.45, 2.75) is 25.3 Å². The van der Waals surface area contributed by atoms with E-state index >= 15 is 0 Å². The van der Waals surface area contributed by atoms with Gasteiger partial charge < -0.3 is 15.8 Å². The highest BCUT2D eigenvalue weighted by Crippen LogP contribution is 2.50. The molecule has 1 aliphatic rings. The van der Waals surface area contributed by atoms with Gasteiger partial charge in [0.1, 0.15) is 5.75 Å². The van der Waals surface area contributed by atoms with Crippen LogP contribution in [0.25, 0.3) is 0 Å². The number of rotatable bonds is 5. The van der Waals surface area contributed by atoms with Crippen molar-refractivity contribution in [2.24, 2.45) is 11.1 Å². The lowest BCUT2D eigenvalue weighted by Gasteiger charge is -2.46. The summed E-state index contributed by atoms with van der Waals surface area (Å²) in [7, 11) is 3.69. The quantitative estimate of drug-likeness (QED) is 0.879. The van der Waals surface area contributed by atoms with Crippen LogP contribution < -0.4 is 15.8 Å². The monoisotopic (exact) mass is 312 g/mol. The van der Waals surface area contributed by atoms with E-state index in [9.17, 15) is 0 Å². The Morgan fingerprint density at radius 1 is 1.50 bits per heavy atom. The van der Waals surface area contributed by atoms with E-state index in [1.54, 1.807) is 7.11 Å². The fraction of sp³-hybridized carbons (Fsp3) is 0.571. The second-order valence-corrected chi connectivity index (χ2v) is 6.03. The zero-order valence-corrected chi connectivity index (χ0v) is 12.6. The molecule has 0 heterocycles. The second-order valence-electron chi connectivity index (χ2n) is 5.11. The van der Waals surface area contributed by atoms with Crippen molar-refractivity contribution >= 4 is 15.9 Å². The van der Waals surface area contributed by atoms with Gasteiger partial charge in [-0.15, -0.1) is 0 Å². The summed E-state index contributed by atoms with van der Waals surface area (Å²) in [5.74, 6) is 0.882. The lowest BCUT2D eigenvalue weighted by molar-refractivity contribution is 0.0934. The molecule has 0 saturated heterocycles. The number of ether oxygens (including phenoxy) is 1. The van der Waals surface area contributed by atoms with Crippen molar-refractivity contribution in [2.75, 3.05) is 20.7 Å². The van der Waals surface area contributed by atoms with Gasteiger partial charge in [-0.3, -0.25) is 0 Å². The number of halogens is 1. The SMILES string of the molecule is CNCC1(C(N)c2cc(Br)ccc2OC)CCC1. The molecule has 18 heavy (non-hydrogen) atoms. The van der Waals surface area contributed by atoms with Gasteiger partial charge in [0.05, 0.1) is 7.11 Å². The van der Waals surface area contributed by atoms with Gasteiger partial charge in [0.25, 0.3) is 0 Å². The van der Waals surface area contributed by atoms with Crippen LogP contribution in [-0.2, 0) is 0 Å². The Kier molecular flexibility index (Phi) is 4.30. The van der Waals surface area contributed by atoms with Crippen LogP contribution in [0.3, 0.4) is 0 Å². The Labute approximate surface area is 117 Å². The van der Waals surface area contributed by atoms with Crippen molar-refractivity contribution in [3.05, 3.63) is 28.2 Å². The van der Waals surface area contributed by atoms with E-state index in [4.69, 9.17) is 10.5 Å². The molecule has 100 valence electrons. The molecule has 3 nitrogen and oxygen atoms in total. The van der Waals surface area contributed by atoms with E-state index in [0.29, 0.717) is 0 Å². The van der Waals surface area contributed by atoms with E-state index in [1.807, 2.05) is 19.2 Å². The van der Waals surface area contributed by atoms with Gasteiger partial charge in [-0.05, 0) is 38.1 Å². The highest BCUT2D eigenvalue weighted by Gasteiger charge is 2.43. The van der Waals surface area contributed by atoms with Crippen LogP contribution in [-0.4, -0.2) is 20.7 Å². The Morgan fingerprint density at radius 2 is 2.22 bits per heavy atom.